The number of amides is 1. The molecule has 0 N–H and O–H groups in total. The molecule has 0 radical (unpaired) electrons. The molecular formula is C29H28FN7O. The summed E-state index contributed by atoms with van der Waals surface area (Å²) in [5, 5.41) is 10.7. The van der Waals surface area contributed by atoms with Crippen LogP contribution in [0.5, 0.6) is 0 Å². The number of hydrogen-bond acceptors (Lipinski definition) is 5. The Hall–Kier alpha value is -4.27. The molecule has 192 valence electrons. The van der Waals surface area contributed by atoms with E-state index in [-0.39, 0.29) is 23.9 Å². The van der Waals surface area contributed by atoms with Gasteiger partial charge in [-0.05, 0) is 43.5 Å². The molecule has 5 aromatic rings. The van der Waals surface area contributed by atoms with Crippen LogP contribution in [0.15, 0.2) is 54.7 Å². The summed E-state index contributed by atoms with van der Waals surface area (Å²) in [5.74, 6) is 0.694. The molecule has 1 amide bonds. The van der Waals surface area contributed by atoms with Crippen LogP contribution in [0.2, 0.25) is 0 Å². The van der Waals surface area contributed by atoms with Crippen LogP contribution in [0, 0.1) is 12.9 Å². The molecule has 2 bridgehead atoms. The van der Waals surface area contributed by atoms with Crippen LogP contribution in [0.3, 0.4) is 0 Å². The molecule has 0 aliphatic carbocycles. The third kappa shape index (κ3) is 3.34. The Bertz CT molecular complexity index is 1720. The molecule has 2 unspecified atom stereocenters. The van der Waals surface area contributed by atoms with Gasteiger partial charge in [-0.15, -0.1) is 0 Å². The van der Waals surface area contributed by atoms with Crippen molar-refractivity contribution in [2.24, 2.45) is 7.05 Å². The van der Waals surface area contributed by atoms with Crippen LogP contribution in [0.25, 0.3) is 38.8 Å². The maximum absolute atomic E-state index is 15.1. The van der Waals surface area contributed by atoms with E-state index in [1.54, 1.807) is 14.0 Å². The Morgan fingerprint density at radius 2 is 1.82 bits per heavy atom. The van der Waals surface area contributed by atoms with E-state index in [1.807, 2.05) is 58.2 Å². The van der Waals surface area contributed by atoms with E-state index in [4.69, 9.17) is 10.1 Å². The molecule has 8 nitrogen and oxygen atoms in total. The standard InChI is InChI=1S/C29H28FN7O/c1-17-6-4-8-23-27(22-7-5-9-24-26(22)29(30)34(3)32-24)33-37(28(17)23)19-12-13-25(31-14-19)36-16-20-10-11-21(36)15-35(20)18(2)38/h4-9,12-14,20-21H,10-11,15-16H2,1-3H3. The molecule has 3 fully saturated rings. The van der Waals surface area contributed by atoms with E-state index in [0.717, 1.165) is 53.9 Å². The Morgan fingerprint density at radius 1 is 1.00 bits per heavy atom. The van der Waals surface area contributed by atoms with Gasteiger partial charge in [0.05, 0.1) is 28.3 Å². The predicted octanol–water partition coefficient (Wildman–Crippen LogP) is 4.62. The zero-order valence-corrected chi connectivity index (χ0v) is 21.6. The highest BCUT2D eigenvalue weighted by atomic mass is 19.1. The number of nitrogens with zero attached hydrogens (tertiary/aromatic N) is 7. The van der Waals surface area contributed by atoms with Crippen molar-refractivity contribution in [1.29, 1.82) is 0 Å². The van der Waals surface area contributed by atoms with Gasteiger partial charge in [-0.2, -0.15) is 14.6 Å². The Kier molecular flexibility index (Phi) is 5.04. The highest BCUT2D eigenvalue weighted by Gasteiger charge is 2.40. The number of para-hydroxylation sites is 1. The number of benzene rings is 2. The SMILES string of the molecule is CC(=O)N1CC2CCC1CN2c1ccc(-n2nc(-c3cccc4nn(C)c(F)c34)c3cccc(C)c32)cn1. The molecule has 3 aliphatic heterocycles. The summed E-state index contributed by atoms with van der Waals surface area (Å²) >= 11 is 0. The fourth-order valence-electron chi connectivity index (χ4n) is 6.29. The number of pyridine rings is 1. The van der Waals surface area contributed by atoms with Gasteiger partial charge < -0.3 is 9.80 Å². The molecule has 3 aliphatic rings. The number of anilines is 1. The fourth-order valence-corrected chi connectivity index (χ4v) is 6.29. The van der Waals surface area contributed by atoms with Gasteiger partial charge in [0.2, 0.25) is 11.9 Å². The summed E-state index contributed by atoms with van der Waals surface area (Å²) < 4.78 is 18.3. The predicted molar refractivity (Wildman–Crippen MR) is 145 cm³/mol. The van der Waals surface area contributed by atoms with Crippen molar-refractivity contribution < 1.29 is 9.18 Å². The number of halogens is 1. The minimum absolute atomic E-state index is 0.154. The van der Waals surface area contributed by atoms with Gasteiger partial charge in [-0.1, -0.05) is 30.3 Å². The molecule has 9 heteroatoms. The molecule has 3 saturated heterocycles. The van der Waals surface area contributed by atoms with E-state index in [0.29, 0.717) is 22.2 Å². The lowest BCUT2D eigenvalue weighted by molar-refractivity contribution is -0.133. The van der Waals surface area contributed by atoms with Crippen LogP contribution >= 0.6 is 0 Å². The number of rotatable bonds is 3. The van der Waals surface area contributed by atoms with Crippen molar-refractivity contribution in [3.8, 4) is 16.9 Å². The zero-order valence-electron chi connectivity index (χ0n) is 21.6. The number of aromatic nitrogens is 5. The lowest BCUT2D eigenvalue weighted by Crippen LogP contribution is -2.64. The Labute approximate surface area is 219 Å². The first-order chi connectivity index (χ1) is 18.4. The maximum Gasteiger partial charge on any atom is 0.219 e. The van der Waals surface area contributed by atoms with Crippen LogP contribution in [0.4, 0.5) is 10.2 Å². The minimum atomic E-state index is -0.379. The third-order valence-electron chi connectivity index (χ3n) is 8.16. The van der Waals surface area contributed by atoms with Crippen molar-refractivity contribution in [2.45, 2.75) is 38.8 Å². The van der Waals surface area contributed by atoms with E-state index in [2.05, 4.69) is 23.0 Å². The molecule has 2 aromatic carbocycles. The van der Waals surface area contributed by atoms with E-state index >= 15 is 4.39 Å². The van der Waals surface area contributed by atoms with E-state index < -0.39 is 0 Å². The van der Waals surface area contributed by atoms with Crippen LogP contribution in [-0.2, 0) is 11.8 Å². The number of aryl methyl sites for hydroxylation is 2. The maximum atomic E-state index is 15.1. The fraction of sp³-hybridized carbons (Fsp3) is 0.310. The van der Waals surface area contributed by atoms with E-state index in [9.17, 15) is 4.79 Å². The Balaban J connectivity index is 1.31. The molecule has 0 saturated carbocycles. The molecule has 0 spiro atoms. The van der Waals surface area contributed by atoms with Crippen molar-refractivity contribution in [1.82, 2.24) is 29.4 Å². The summed E-state index contributed by atoms with van der Waals surface area (Å²) in [6, 6.07) is 16.3. The minimum Gasteiger partial charge on any atom is -0.350 e. The smallest absolute Gasteiger partial charge is 0.219 e. The van der Waals surface area contributed by atoms with Gasteiger partial charge in [0.1, 0.15) is 11.5 Å². The second-order valence-electron chi connectivity index (χ2n) is 10.4. The first kappa shape index (κ1) is 22.9. The van der Waals surface area contributed by atoms with Crippen LogP contribution in [0.1, 0.15) is 25.3 Å². The van der Waals surface area contributed by atoms with Gasteiger partial charge in [-0.3, -0.25) is 4.79 Å². The molecule has 2 atom stereocenters. The third-order valence-corrected chi connectivity index (χ3v) is 8.16. The second kappa shape index (κ2) is 8.37. The molecule has 3 aromatic heterocycles. The first-order valence-electron chi connectivity index (χ1n) is 13.0. The van der Waals surface area contributed by atoms with Gasteiger partial charge in [-0.25, -0.2) is 14.3 Å². The second-order valence-corrected chi connectivity index (χ2v) is 10.4. The summed E-state index contributed by atoms with van der Waals surface area (Å²) in [4.78, 5) is 21.2. The number of fused-ring (bicyclic) bond motifs is 5. The normalized spacial score (nSPS) is 19.2. The number of piperazine rings is 1. The summed E-state index contributed by atoms with van der Waals surface area (Å²) in [5.41, 5.74) is 4.90. The zero-order chi connectivity index (χ0) is 26.1. The first-order valence-corrected chi connectivity index (χ1v) is 13.0. The monoisotopic (exact) mass is 509 g/mol. The highest BCUT2D eigenvalue weighted by molar-refractivity contribution is 6.03. The van der Waals surface area contributed by atoms with Gasteiger partial charge in [0, 0.05) is 50.1 Å². The number of piperidine rings is 2. The van der Waals surface area contributed by atoms with Crippen molar-refractivity contribution in [3.05, 3.63) is 66.2 Å². The number of carbonyl (C=O) groups excluding carboxylic acids is 1. The lowest BCUT2D eigenvalue weighted by Gasteiger charge is -2.51. The summed E-state index contributed by atoms with van der Waals surface area (Å²) in [6.45, 7) is 5.28. The quantitative estimate of drug-likeness (QED) is 0.355. The van der Waals surface area contributed by atoms with Gasteiger partial charge in [0.15, 0.2) is 0 Å². The van der Waals surface area contributed by atoms with E-state index in [1.165, 1.54) is 4.68 Å². The molecule has 6 heterocycles. The molecule has 38 heavy (non-hydrogen) atoms. The average Bonchev–Trinajstić information content (AvgIpc) is 3.47. The molecule has 8 rings (SSSR count). The van der Waals surface area contributed by atoms with Crippen molar-refractivity contribution >= 4 is 33.5 Å². The molecular weight excluding hydrogens is 481 g/mol. The summed E-state index contributed by atoms with van der Waals surface area (Å²) in [6.07, 6.45) is 3.97. The Morgan fingerprint density at radius 3 is 2.55 bits per heavy atom. The number of hydrogen-bond donors (Lipinski definition) is 0. The van der Waals surface area contributed by atoms with Crippen LogP contribution < -0.4 is 4.90 Å². The van der Waals surface area contributed by atoms with Crippen LogP contribution in [-0.4, -0.2) is 60.5 Å². The van der Waals surface area contributed by atoms with Crippen molar-refractivity contribution in [3.63, 3.8) is 0 Å². The van der Waals surface area contributed by atoms with Gasteiger partial charge >= 0.3 is 0 Å². The largest absolute Gasteiger partial charge is 0.350 e. The number of carbonyl (C=O) groups is 1. The van der Waals surface area contributed by atoms with Gasteiger partial charge in [0.25, 0.3) is 0 Å². The average molecular weight is 510 g/mol. The lowest BCUT2D eigenvalue weighted by atomic mass is 9.90. The topological polar surface area (TPSA) is 72.1 Å². The summed E-state index contributed by atoms with van der Waals surface area (Å²) in [7, 11) is 1.61. The van der Waals surface area contributed by atoms with Crippen molar-refractivity contribution in [2.75, 3.05) is 18.0 Å². The highest BCUT2D eigenvalue weighted by Crippen LogP contribution is 2.37.